The van der Waals surface area contributed by atoms with Gasteiger partial charge in [0.25, 0.3) is 0 Å². The number of likely N-dealkylation sites (N-methyl/N-ethyl adjacent to an activating group) is 2. The second-order valence-electron chi connectivity index (χ2n) is 26.3. The molecular formula is C69H103N11O14. The number of likely N-dealkylation sites (tertiary alicyclic amines) is 1. The number of para-hydroxylation sites is 1. The topological polar surface area (TPSA) is 334 Å². The van der Waals surface area contributed by atoms with Crippen LogP contribution in [-0.4, -0.2) is 180 Å². The van der Waals surface area contributed by atoms with Gasteiger partial charge in [0.1, 0.15) is 36.4 Å². The fraction of sp³-hybridized carbons (Fsp3) is 0.580. The lowest BCUT2D eigenvalue weighted by Crippen LogP contribution is -2.60. The molecule has 5 rings (SSSR count). The molecule has 94 heavy (non-hydrogen) atoms. The van der Waals surface area contributed by atoms with Crippen LogP contribution in [0, 0.1) is 23.7 Å². The van der Waals surface area contributed by atoms with Gasteiger partial charge in [0.15, 0.2) is 0 Å². The van der Waals surface area contributed by atoms with Crippen molar-refractivity contribution in [1.29, 1.82) is 0 Å². The first-order chi connectivity index (χ1) is 44.4. The van der Waals surface area contributed by atoms with Crippen molar-refractivity contribution in [1.82, 2.24) is 46.3 Å². The van der Waals surface area contributed by atoms with Gasteiger partial charge in [-0.3, -0.25) is 33.7 Å². The quantitative estimate of drug-likeness (QED) is 0.0216. The SMILES string of the molecule is CC[C@H](C)[C@@H]([C@@H](CC(=O)N1CCC[C@H]1[C@H](OC)[C@@H](C)C(=O)N[C@H](C)[C@@H](O)c1ccccc1)OC)N(C)C(=O)[C@@H](NC(=O)[C@H](C(C)C)N(C)C(=O)OCc1ccc(NC(=O)[C@H](CCCNC(N)=O)NC(=O)[C@H](Cc2c[nH]c3ccccc23)NC(=O)OC(C)(C)C)cc1)C(C)C. The number of aliphatic hydroxyl groups excluding tert-OH is 1. The number of urea groups is 1. The molecular weight excluding hydrogens is 1210 g/mol. The smallest absolute Gasteiger partial charge is 0.410 e. The number of nitrogens with zero attached hydrogens (tertiary/aromatic N) is 3. The van der Waals surface area contributed by atoms with Gasteiger partial charge in [0.2, 0.25) is 35.4 Å². The van der Waals surface area contributed by atoms with E-state index in [9.17, 15) is 48.3 Å². The van der Waals surface area contributed by atoms with Crippen molar-refractivity contribution < 1.29 is 67.2 Å². The maximum Gasteiger partial charge on any atom is 0.410 e. The minimum absolute atomic E-state index is 0.0505. The maximum atomic E-state index is 14.8. The molecule has 0 aliphatic carbocycles. The third-order valence-corrected chi connectivity index (χ3v) is 17.4. The van der Waals surface area contributed by atoms with Crippen LogP contribution in [0.5, 0.6) is 0 Å². The summed E-state index contributed by atoms with van der Waals surface area (Å²) in [6.45, 7) is 20.0. The molecule has 25 heteroatoms. The van der Waals surface area contributed by atoms with Gasteiger partial charge < -0.3 is 76.5 Å². The summed E-state index contributed by atoms with van der Waals surface area (Å²) in [5.41, 5.74) is 7.51. The Morgan fingerprint density at radius 3 is 2.03 bits per heavy atom. The van der Waals surface area contributed by atoms with Crippen LogP contribution in [0.3, 0.4) is 0 Å². The highest BCUT2D eigenvalue weighted by Crippen LogP contribution is 2.31. The number of aliphatic hydroxyl groups is 1. The molecule has 1 fully saturated rings. The lowest BCUT2D eigenvalue weighted by atomic mass is 9.89. The third kappa shape index (κ3) is 21.6. The van der Waals surface area contributed by atoms with Crippen LogP contribution in [0.4, 0.5) is 20.1 Å². The van der Waals surface area contributed by atoms with Crippen molar-refractivity contribution >= 4 is 70.3 Å². The lowest BCUT2D eigenvalue weighted by molar-refractivity contribution is -0.148. The van der Waals surface area contributed by atoms with Crippen molar-refractivity contribution in [2.45, 2.75) is 194 Å². The summed E-state index contributed by atoms with van der Waals surface area (Å²) in [4.78, 5) is 132. The monoisotopic (exact) mass is 1310 g/mol. The number of methoxy groups -OCH3 is 2. The molecule has 2 heterocycles. The van der Waals surface area contributed by atoms with E-state index in [0.29, 0.717) is 42.6 Å². The summed E-state index contributed by atoms with van der Waals surface area (Å²) in [6.07, 6.45) is -0.114. The number of aromatic amines is 1. The van der Waals surface area contributed by atoms with Crippen molar-refractivity contribution in [2.24, 2.45) is 29.4 Å². The summed E-state index contributed by atoms with van der Waals surface area (Å²) < 4.78 is 23.3. The highest BCUT2D eigenvalue weighted by atomic mass is 16.6. The number of fused-ring (bicyclic) bond motifs is 1. The van der Waals surface area contributed by atoms with Crippen LogP contribution in [-0.2, 0) is 60.7 Å². The number of anilines is 1. The average Bonchev–Trinajstić information content (AvgIpc) is 1.40. The third-order valence-electron chi connectivity index (χ3n) is 17.4. The van der Waals surface area contributed by atoms with E-state index >= 15 is 0 Å². The standard InChI is InChI=1S/C69H103N11O14/c1-16-42(6)58(54(91-14)37-55(81)80-35-23-29-53(80)60(92-15)43(7)61(83)73-44(8)59(82)46-24-18-17-19-25-46)78(12)65(87)56(40(2)3)77-64(86)57(41(4)5)79(13)68(90)93-39-45-30-32-48(33-31-45)74-62(84)51(28-22-34-71-66(70)88)75-63(85)52(76-67(89)94-69(9,10)11)36-47-38-72-50-27-21-20-26-49(47)50/h17-21,24-27,30-33,38,40-44,51-54,56-60,72,82H,16,22-23,28-29,34-37,39H2,1-15H3,(H,73,83)(H,74,84)(H,75,85)(H,76,89)(H,77,86)(H3,70,71,88)/t42-,43+,44+,51-,52-,53-,54+,56-,57-,58-,59+,60+/m0/s1. The Bertz CT molecular complexity index is 3160. The molecule has 10 N–H and O–H groups in total. The minimum atomic E-state index is -1.17. The number of amides is 10. The number of carbonyl (C=O) groups is 9. The fourth-order valence-corrected chi connectivity index (χ4v) is 12.1. The molecule has 3 aromatic carbocycles. The largest absolute Gasteiger partial charge is 0.445 e. The molecule has 1 aliphatic heterocycles. The molecule has 0 unspecified atom stereocenters. The zero-order chi connectivity index (χ0) is 69.7. The summed E-state index contributed by atoms with van der Waals surface area (Å²) in [7, 11) is 6.10. The van der Waals surface area contributed by atoms with Crippen LogP contribution in [0.25, 0.3) is 10.9 Å². The normalized spacial score (nSPS) is 16.8. The molecule has 0 saturated carbocycles. The molecule has 518 valence electrons. The second-order valence-corrected chi connectivity index (χ2v) is 26.3. The summed E-state index contributed by atoms with van der Waals surface area (Å²) >= 11 is 0. The van der Waals surface area contributed by atoms with E-state index in [-0.39, 0.29) is 56.6 Å². The van der Waals surface area contributed by atoms with Crippen molar-refractivity contribution in [3.8, 4) is 0 Å². The van der Waals surface area contributed by atoms with Crippen molar-refractivity contribution in [3.63, 3.8) is 0 Å². The summed E-state index contributed by atoms with van der Waals surface area (Å²) in [6, 6.07) is 16.1. The Kier molecular flexibility index (Phi) is 29.1. The van der Waals surface area contributed by atoms with E-state index in [1.807, 2.05) is 56.3 Å². The molecule has 1 aliphatic rings. The Labute approximate surface area is 553 Å². The van der Waals surface area contributed by atoms with Gasteiger partial charge in [-0.25, -0.2) is 14.4 Å². The molecule has 0 bridgehead atoms. The Morgan fingerprint density at radius 2 is 1.43 bits per heavy atom. The first kappa shape index (κ1) is 76.4. The Morgan fingerprint density at radius 1 is 0.766 bits per heavy atom. The molecule has 4 aromatic rings. The van der Waals surface area contributed by atoms with Gasteiger partial charge in [-0.2, -0.15) is 0 Å². The van der Waals surface area contributed by atoms with E-state index in [1.165, 1.54) is 26.2 Å². The van der Waals surface area contributed by atoms with E-state index in [1.54, 1.807) is 122 Å². The number of nitrogens with two attached hydrogens (primary N) is 1. The highest BCUT2D eigenvalue weighted by Gasteiger charge is 2.44. The first-order valence-electron chi connectivity index (χ1n) is 32.5. The number of nitrogens with one attached hydrogen (secondary N) is 7. The molecule has 1 aromatic heterocycles. The molecule has 25 nitrogen and oxygen atoms in total. The number of ether oxygens (including phenoxy) is 4. The van der Waals surface area contributed by atoms with E-state index in [4.69, 9.17) is 24.7 Å². The molecule has 0 spiro atoms. The number of carbonyl (C=O) groups excluding carboxylic acids is 9. The number of benzene rings is 3. The predicted molar refractivity (Wildman–Crippen MR) is 357 cm³/mol. The van der Waals surface area contributed by atoms with Gasteiger partial charge in [0, 0.05) is 70.6 Å². The first-order valence-corrected chi connectivity index (χ1v) is 32.5. The van der Waals surface area contributed by atoms with Gasteiger partial charge >= 0.3 is 18.2 Å². The summed E-state index contributed by atoms with van der Waals surface area (Å²) in [5.74, 6) is -4.55. The molecule has 0 radical (unpaired) electrons. The number of hydrogen-bond donors (Lipinski definition) is 9. The summed E-state index contributed by atoms with van der Waals surface area (Å²) in [5, 5.41) is 28.5. The van der Waals surface area contributed by atoms with E-state index < -0.39 is 126 Å². The van der Waals surface area contributed by atoms with Crippen LogP contribution in [0.15, 0.2) is 85.1 Å². The van der Waals surface area contributed by atoms with Crippen LogP contribution in [0.2, 0.25) is 0 Å². The number of aromatic nitrogens is 1. The average molecular weight is 1310 g/mol. The van der Waals surface area contributed by atoms with Gasteiger partial charge in [-0.1, -0.05) is 116 Å². The fourth-order valence-electron chi connectivity index (χ4n) is 12.1. The highest BCUT2D eigenvalue weighted by molar-refractivity contribution is 5.99. The second kappa shape index (κ2) is 35.8. The maximum absolute atomic E-state index is 14.8. The number of primary amides is 1. The Hall–Kier alpha value is -8.29. The van der Waals surface area contributed by atoms with E-state index in [2.05, 4.69) is 36.9 Å². The van der Waals surface area contributed by atoms with Crippen LogP contribution < -0.4 is 37.6 Å². The van der Waals surface area contributed by atoms with Crippen molar-refractivity contribution in [3.05, 3.63) is 102 Å². The van der Waals surface area contributed by atoms with Gasteiger partial charge in [-0.15, -0.1) is 0 Å². The van der Waals surface area contributed by atoms with Crippen molar-refractivity contribution in [2.75, 3.05) is 46.7 Å². The zero-order valence-electron chi connectivity index (χ0n) is 57.4. The zero-order valence-corrected chi connectivity index (χ0v) is 57.4. The number of hydrogen-bond acceptors (Lipinski definition) is 14. The van der Waals surface area contributed by atoms with E-state index in [0.717, 1.165) is 16.5 Å². The number of rotatable bonds is 33. The number of H-pyrrole nitrogens is 1. The van der Waals surface area contributed by atoms with Crippen LogP contribution in [0.1, 0.15) is 137 Å². The minimum Gasteiger partial charge on any atom is -0.445 e. The lowest BCUT2D eigenvalue weighted by Gasteiger charge is -2.41. The van der Waals surface area contributed by atoms with Crippen LogP contribution >= 0.6 is 0 Å². The van der Waals surface area contributed by atoms with Gasteiger partial charge in [-0.05, 0) is 106 Å². The molecule has 1 saturated heterocycles. The predicted octanol–water partition coefficient (Wildman–Crippen LogP) is 7.07. The molecule has 10 amide bonds. The number of alkyl carbamates (subject to hydrolysis) is 1. The molecule has 12 atom stereocenters. The Balaban J connectivity index is 1.22. The van der Waals surface area contributed by atoms with Gasteiger partial charge in [0.05, 0.1) is 48.8 Å².